The molecular formula is C11H19N5. The van der Waals surface area contributed by atoms with E-state index in [9.17, 15) is 0 Å². The van der Waals surface area contributed by atoms with E-state index < -0.39 is 0 Å². The SMILES string of the molecule is NC[C@@H]1C[C@@H]1CNc1ccnn1C1CNC1. The molecule has 3 rings (SSSR count). The zero-order valence-electron chi connectivity index (χ0n) is 9.39. The lowest BCUT2D eigenvalue weighted by atomic mass is 10.2. The molecule has 0 aromatic carbocycles. The van der Waals surface area contributed by atoms with Gasteiger partial charge in [-0.25, -0.2) is 4.68 Å². The average Bonchev–Trinajstić information content (AvgIpc) is 2.85. The molecule has 5 nitrogen and oxygen atoms in total. The van der Waals surface area contributed by atoms with E-state index in [-0.39, 0.29) is 0 Å². The van der Waals surface area contributed by atoms with Gasteiger partial charge in [0.25, 0.3) is 0 Å². The lowest BCUT2D eigenvalue weighted by Crippen LogP contribution is -2.44. The molecule has 0 spiro atoms. The topological polar surface area (TPSA) is 67.9 Å². The molecule has 1 saturated carbocycles. The first kappa shape index (κ1) is 10.1. The molecule has 16 heavy (non-hydrogen) atoms. The van der Waals surface area contributed by atoms with Gasteiger partial charge in [0, 0.05) is 25.7 Å². The van der Waals surface area contributed by atoms with E-state index in [1.807, 2.05) is 6.20 Å². The molecule has 0 radical (unpaired) electrons. The summed E-state index contributed by atoms with van der Waals surface area (Å²) in [6.07, 6.45) is 3.15. The number of rotatable bonds is 5. The van der Waals surface area contributed by atoms with E-state index in [1.54, 1.807) is 0 Å². The molecule has 2 aliphatic rings. The van der Waals surface area contributed by atoms with Gasteiger partial charge in [0.1, 0.15) is 5.82 Å². The van der Waals surface area contributed by atoms with Gasteiger partial charge in [0.05, 0.1) is 12.2 Å². The smallest absolute Gasteiger partial charge is 0.124 e. The Morgan fingerprint density at radius 1 is 1.50 bits per heavy atom. The van der Waals surface area contributed by atoms with Crippen molar-refractivity contribution in [3.8, 4) is 0 Å². The minimum Gasteiger partial charge on any atom is -0.370 e. The molecule has 0 bridgehead atoms. The second kappa shape index (κ2) is 4.07. The van der Waals surface area contributed by atoms with E-state index in [4.69, 9.17) is 5.73 Å². The van der Waals surface area contributed by atoms with Crippen LogP contribution in [0.15, 0.2) is 12.3 Å². The van der Waals surface area contributed by atoms with Crippen molar-refractivity contribution in [2.75, 3.05) is 31.5 Å². The van der Waals surface area contributed by atoms with E-state index in [0.717, 1.165) is 43.8 Å². The van der Waals surface area contributed by atoms with Crippen LogP contribution < -0.4 is 16.4 Å². The largest absolute Gasteiger partial charge is 0.370 e. The maximum absolute atomic E-state index is 5.63. The lowest BCUT2D eigenvalue weighted by Gasteiger charge is -2.28. The van der Waals surface area contributed by atoms with Gasteiger partial charge in [-0.3, -0.25) is 0 Å². The Morgan fingerprint density at radius 2 is 2.38 bits per heavy atom. The van der Waals surface area contributed by atoms with Crippen LogP contribution in [-0.4, -0.2) is 36.0 Å². The molecule has 2 atom stereocenters. The van der Waals surface area contributed by atoms with Crippen molar-refractivity contribution in [2.24, 2.45) is 17.6 Å². The summed E-state index contributed by atoms with van der Waals surface area (Å²) in [6.45, 7) is 3.93. The highest BCUT2D eigenvalue weighted by atomic mass is 15.4. The van der Waals surface area contributed by atoms with Gasteiger partial charge < -0.3 is 16.4 Å². The summed E-state index contributed by atoms with van der Waals surface area (Å²) in [5.41, 5.74) is 5.63. The second-order valence-electron chi connectivity index (χ2n) is 4.85. The van der Waals surface area contributed by atoms with E-state index in [0.29, 0.717) is 6.04 Å². The van der Waals surface area contributed by atoms with Gasteiger partial charge in [-0.15, -0.1) is 0 Å². The van der Waals surface area contributed by atoms with Crippen LogP contribution in [0.1, 0.15) is 12.5 Å². The molecule has 88 valence electrons. The summed E-state index contributed by atoms with van der Waals surface area (Å²) in [6, 6.07) is 2.58. The summed E-state index contributed by atoms with van der Waals surface area (Å²) >= 11 is 0. The molecule has 2 fully saturated rings. The molecule has 0 unspecified atom stereocenters. The second-order valence-corrected chi connectivity index (χ2v) is 4.85. The monoisotopic (exact) mass is 221 g/mol. The third-order valence-electron chi connectivity index (χ3n) is 3.69. The van der Waals surface area contributed by atoms with Crippen LogP contribution in [-0.2, 0) is 0 Å². The van der Waals surface area contributed by atoms with Gasteiger partial charge in [-0.1, -0.05) is 0 Å². The minimum absolute atomic E-state index is 0.530. The highest BCUT2D eigenvalue weighted by Crippen LogP contribution is 2.37. The van der Waals surface area contributed by atoms with Gasteiger partial charge in [-0.05, 0) is 24.8 Å². The van der Waals surface area contributed by atoms with Crippen LogP contribution in [0.4, 0.5) is 5.82 Å². The van der Waals surface area contributed by atoms with Crippen molar-refractivity contribution >= 4 is 5.82 Å². The Balaban J connectivity index is 1.55. The van der Waals surface area contributed by atoms with Crippen LogP contribution in [0.3, 0.4) is 0 Å². The van der Waals surface area contributed by atoms with Crippen LogP contribution in [0.25, 0.3) is 0 Å². The summed E-state index contributed by atoms with van der Waals surface area (Å²) in [4.78, 5) is 0. The number of nitrogens with zero attached hydrogens (tertiary/aromatic N) is 2. The van der Waals surface area contributed by atoms with Crippen LogP contribution in [0.2, 0.25) is 0 Å². The van der Waals surface area contributed by atoms with Crippen molar-refractivity contribution in [1.82, 2.24) is 15.1 Å². The average molecular weight is 221 g/mol. The fourth-order valence-corrected chi connectivity index (χ4v) is 2.28. The van der Waals surface area contributed by atoms with Crippen molar-refractivity contribution < 1.29 is 0 Å². The zero-order chi connectivity index (χ0) is 11.0. The molecule has 0 amide bonds. The molecule has 1 aliphatic carbocycles. The van der Waals surface area contributed by atoms with Gasteiger partial charge in [0.2, 0.25) is 0 Å². The first-order valence-corrected chi connectivity index (χ1v) is 6.06. The molecule has 1 aromatic heterocycles. The molecule has 1 aromatic rings. The van der Waals surface area contributed by atoms with Gasteiger partial charge in [-0.2, -0.15) is 5.10 Å². The van der Waals surface area contributed by atoms with Crippen molar-refractivity contribution in [1.29, 1.82) is 0 Å². The summed E-state index contributed by atoms with van der Waals surface area (Å²) in [5.74, 6) is 2.66. The Morgan fingerprint density at radius 3 is 3.00 bits per heavy atom. The number of nitrogens with two attached hydrogens (primary N) is 1. The third kappa shape index (κ3) is 1.81. The molecule has 2 heterocycles. The van der Waals surface area contributed by atoms with Crippen LogP contribution in [0.5, 0.6) is 0 Å². The predicted octanol–water partition coefficient (Wildman–Crippen LogP) is 0.0341. The highest BCUT2D eigenvalue weighted by molar-refractivity contribution is 5.35. The van der Waals surface area contributed by atoms with Crippen LogP contribution in [0, 0.1) is 11.8 Å². The number of aromatic nitrogens is 2. The third-order valence-corrected chi connectivity index (χ3v) is 3.69. The highest BCUT2D eigenvalue weighted by Gasteiger charge is 2.35. The van der Waals surface area contributed by atoms with Crippen molar-refractivity contribution in [3.05, 3.63) is 12.3 Å². The number of hydrogen-bond acceptors (Lipinski definition) is 4. The Bertz CT molecular complexity index is 357. The molecule has 1 aliphatic heterocycles. The fraction of sp³-hybridized carbons (Fsp3) is 0.727. The summed E-state index contributed by atoms with van der Waals surface area (Å²) in [5, 5.41) is 11.1. The van der Waals surface area contributed by atoms with Gasteiger partial charge >= 0.3 is 0 Å². The van der Waals surface area contributed by atoms with Gasteiger partial charge in [0.15, 0.2) is 0 Å². The summed E-state index contributed by atoms with van der Waals surface area (Å²) < 4.78 is 2.09. The van der Waals surface area contributed by atoms with E-state index in [2.05, 4.69) is 26.5 Å². The van der Waals surface area contributed by atoms with E-state index >= 15 is 0 Å². The standard InChI is InChI=1S/C11H19N5/c12-4-8-3-9(8)5-14-11-1-2-15-16(11)10-6-13-7-10/h1-2,8-10,13-14H,3-7,12H2/t8-,9+/m0/s1. The Kier molecular flexibility index (Phi) is 2.57. The maximum Gasteiger partial charge on any atom is 0.124 e. The Labute approximate surface area is 95.4 Å². The molecule has 4 N–H and O–H groups in total. The number of hydrogen-bond donors (Lipinski definition) is 3. The summed E-state index contributed by atoms with van der Waals surface area (Å²) in [7, 11) is 0. The molecular weight excluding hydrogens is 202 g/mol. The maximum atomic E-state index is 5.63. The van der Waals surface area contributed by atoms with Crippen LogP contribution >= 0.6 is 0 Å². The van der Waals surface area contributed by atoms with Crippen molar-refractivity contribution in [3.63, 3.8) is 0 Å². The molecule has 1 saturated heterocycles. The first-order chi connectivity index (χ1) is 7.88. The minimum atomic E-state index is 0.530. The van der Waals surface area contributed by atoms with Crippen molar-refractivity contribution in [2.45, 2.75) is 12.5 Å². The normalized spacial score (nSPS) is 28.8. The quantitative estimate of drug-likeness (QED) is 0.656. The molecule has 5 heteroatoms. The number of nitrogens with one attached hydrogen (secondary N) is 2. The fourth-order valence-electron chi connectivity index (χ4n) is 2.28. The predicted molar refractivity (Wildman–Crippen MR) is 63.3 cm³/mol. The first-order valence-electron chi connectivity index (χ1n) is 6.06. The Hall–Kier alpha value is -1.07. The lowest BCUT2D eigenvalue weighted by molar-refractivity contribution is 0.321. The zero-order valence-corrected chi connectivity index (χ0v) is 9.39. The van der Waals surface area contributed by atoms with E-state index in [1.165, 1.54) is 6.42 Å². The number of anilines is 1.